The fourth-order valence-electron chi connectivity index (χ4n) is 3.00. The second-order valence-corrected chi connectivity index (χ2v) is 6.22. The summed E-state index contributed by atoms with van der Waals surface area (Å²) in [5.74, 6) is -0.172. The van der Waals surface area contributed by atoms with E-state index in [1.54, 1.807) is 37.1 Å². The summed E-state index contributed by atoms with van der Waals surface area (Å²) in [6, 6.07) is 5.18. The van der Waals surface area contributed by atoms with Crippen molar-refractivity contribution in [3.8, 4) is 5.75 Å². The molecule has 0 bridgehead atoms. The molecule has 1 aliphatic rings. The molecule has 1 saturated heterocycles. The molecular formula is C17H25NO4. The lowest BCUT2D eigenvalue weighted by Gasteiger charge is -2.43. The lowest BCUT2D eigenvalue weighted by molar-refractivity contribution is -0.0750. The molecule has 1 aliphatic heterocycles. The molecule has 0 spiro atoms. The third-order valence-electron chi connectivity index (χ3n) is 4.72. The van der Waals surface area contributed by atoms with Crippen molar-refractivity contribution in [3.63, 3.8) is 0 Å². The molecule has 1 fully saturated rings. The number of hydrogen-bond donors (Lipinski definition) is 2. The molecule has 0 saturated carbocycles. The Labute approximate surface area is 131 Å². The van der Waals surface area contributed by atoms with Gasteiger partial charge in [0.2, 0.25) is 0 Å². The number of carbonyl (C=O) groups excluding carboxylic acids is 1. The van der Waals surface area contributed by atoms with Crippen LogP contribution in [0.5, 0.6) is 5.75 Å². The number of amides is 1. The number of benzene rings is 1. The van der Waals surface area contributed by atoms with Crippen molar-refractivity contribution in [1.82, 2.24) is 4.90 Å². The highest BCUT2D eigenvalue weighted by Gasteiger charge is 2.40. The Morgan fingerprint density at radius 2 is 2.23 bits per heavy atom. The van der Waals surface area contributed by atoms with Gasteiger partial charge < -0.3 is 19.8 Å². The van der Waals surface area contributed by atoms with Crippen LogP contribution in [0.1, 0.15) is 35.7 Å². The fourth-order valence-corrected chi connectivity index (χ4v) is 3.00. The standard InChI is InChI=1S/C17H25NO4/c1-12-5-4-6-14(15(12)19)16(20)18-9-7-17(21,8-10-22-3)13(2)11-18/h4-6,13,19,21H,7-11H2,1-3H3/t13-,17-/m1/s1. The number of phenolic OH excluding ortho intramolecular Hbond substituents is 1. The Morgan fingerprint density at radius 3 is 2.86 bits per heavy atom. The average Bonchev–Trinajstić information content (AvgIpc) is 2.50. The summed E-state index contributed by atoms with van der Waals surface area (Å²) >= 11 is 0. The van der Waals surface area contributed by atoms with Crippen molar-refractivity contribution in [2.45, 2.75) is 32.3 Å². The fraction of sp³-hybridized carbons (Fsp3) is 0.588. The van der Waals surface area contributed by atoms with Crippen molar-refractivity contribution in [2.24, 2.45) is 5.92 Å². The van der Waals surface area contributed by atoms with E-state index in [1.165, 1.54) is 0 Å². The van der Waals surface area contributed by atoms with Gasteiger partial charge in [-0.05, 0) is 31.4 Å². The number of ether oxygens (including phenoxy) is 1. The lowest BCUT2D eigenvalue weighted by Crippen LogP contribution is -2.52. The molecule has 2 rings (SSSR count). The number of phenols is 1. The molecule has 2 N–H and O–H groups in total. The predicted octanol–water partition coefficient (Wildman–Crippen LogP) is 1.95. The van der Waals surface area contributed by atoms with Crippen molar-refractivity contribution >= 4 is 5.91 Å². The highest BCUT2D eigenvalue weighted by molar-refractivity contribution is 5.97. The van der Waals surface area contributed by atoms with Crippen LogP contribution in [-0.4, -0.2) is 53.4 Å². The Morgan fingerprint density at radius 1 is 1.50 bits per heavy atom. The maximum atomic E-state index is 12.6. The molecular weight excluding hydrogens is 282 g/mol. The summed E-state index contributed by atoms with van der Waals surface area (Å²) in [7, 11) is 1.62. The minimum absolute atomic E-state index is 0.0349. The molecule has 122 valence electrons. The van der Waals surface area contributed by atoms with Crippen LogP contribution in [-0.2, 0) is 4.74 Å². The van der Waals surface area contributed by atoms with Crippen LogP contribution in [0, 0.1) is 12.8 Å². The van der Waals surface area contributed by atoms with E-state index >= 15 is 0 Å². The Balaban J connectivity index is 2.10. The van der Waals surface area contributed by atoms with Gasteiger partial charge in [-0.1, -0.05) is 19.1 Å². The van der Waals surface area contributed by atoms with Crippen molar-refractivity contribution < 1.29 is 19.7 Å². The van der Waals surface area contributed by atoms with E-state index in [0.29, 0.717) is 43.7 Å². The van der Waals surface area contributed by atoms with Gasteiger partial charge >= 0.3 is 0 Å². The Bertz CT molecular complexity index is 545. The number of methoxy groups -OCH3 is 1. The van der Waals surface area contributed by atoms with E-state index in [9.17, 15) is 15.0 Å². The molecule has 5 nitrogen and oxygen atoms in total. The van der Waals surface area contributed by atoms with E-state index < -0.39 is 5.60 Å². The van der Waals surface area contributed by atoms with E-state index in [0.717, 1.165) is 0 Å². The van der Waals surface area contributed by atoms with Crippen LogP contribution in [0.15, 0.2) is 18.2 Å². The van der Waals surface area contributed by atoms with Crippen molar-refractivity contribution in [3.05, 3.63) is 29.3 Å². The normalized spacial score (nSPS) is 25.3. The van der Waals surface area contributed by atoms with Crippen LogP contribution in [0.3, 0.4) is 0 Å². The summed E-state index contributed by atoms with van der Waals surface area (Å²) in [6.45, 7) is 5.19. The van der Waals surface area contributed by atoms with E-state index in [2.05, 4.69) is 0 Å². The molecule has 1 amide bonds. The topological polar surface area (TPSA) is 70.0 Å². The van der Waals surface area contributed by atoms with Crippen LogP contribution in [0.4, 0.5) is 0 Å². The summed E-state index contributed by atoms with van der Waals surface area (Å²) in [6.07, 6.45) is 1.10. The monoisotopic (exact) mass is 307 g/mol. The zero-order chi connectivity index (χ0) is 16.3. The van der Waals surface area contributed by atoms with E-state index in [4.69, 9.17) is 4.74 Å². The van der Waals surface area contributed by atoms with E-state index in [1.807, 2.05) is 6.92 Å². The Kier molecular flexibility index (Phi) is 5.08. The quantitative estimate of drug-likeness (QED) is 0.892. The predicted molar refractivity (Wildman–Crippen MR) is 84.0 cm³/mol. The first-order chi connectivity index (χ1) is 10.4. The number of aromatic hydroxyl groups is 1. The number of carbonyl (C=O) groups is 1. The van der Waals surface area contributed by atoms with Gasteiger partial charge in [-0.25, -0.2) is 0 Å². The minimum Gasteiger partial charge on any atom is -0.507 e. The number of aryl methyl sites for hydroxylation is 1. The van der Waals surface area contributed by atoms with Gasteiger partial charge in [0.1, 0.15) is 5.75 Å². The van der Waals surface area contributed by atoms with Crippen molar-refractivity contribution in [1.29, 1.82) is 0 Å². The highest BCUT2D eigenvalue weighted by Crippen LogP contribution is 2.32. The third kappa shape index (κ3) is 3.25. The molecule has 2 atom stereocenters. The number of rotatable bonds is 4. The number of hydrogen-bond acceptors (Lipinski definition) is 4. The van der Waals surface area contributed by atoms with Gasteiger partial charge in [-0.2, -0.15) is 0 Å². The molecule has 0 unspecified atom stereocenters. The van der Waals surface area contributed by atoms with Gasteiger partial charge in [-0.15, -0.1) is 0 Å². The number of para-hydroxylation sites is 1. The van der Waals surface area contributed by atoms with Gasteiger partial charge in [0.05, 0.1) is 11.2 Å². The number of piperidine rings is 1. The maximum absolute atomic E-state index is 12.6. The van der Waals surface area contributed by atoms with Crippen LogP contribution in [0.25, 0.3) is 0 Å². The lowest BCUT2D eigenvalue weighted by atomic mass is 9.79. The Hall–Kier alpha value is -1.59. The number of nitrogens with zero attached hydrogens (tertiary/aromatic N) is 1. The first-order valence-electron chi connectivity index (χ1n) is 7.68. The number of aliphatic hydroxyl groups is 1. The molecule has 0 aliphatic carbocycles. The van der Waals surface area contributed by atoms with Gasteiger partial charge in [0.25, 0.3) is 5.91 Å². The minimum atomic E-state index is -0.790. The van der Waals surface area contributed by atoms with E-state index in [-0.39, 0.29) is 17.6 Å². The summed E-state index contributed by atoms with van der Waals surface area (Å²) in [4.78, 5) is 14.3. The zero-order valence-electron chi connectivity index (χ0n) is 13.5. The average molecular weight is 307 g/mol. The SMILES string of the molecule is COCC[C@]1(O)CCN(C(=O)c2cccc(C)c2O)C[C@H]1C. The molecule has 0 aromatic heterocycles. The highest BCUT2D eigenvalue weighted by atomic mass is 16.5. The van der Waals surface area contributed by atoms with Gasteiger partial charge in [0.15, 0.2) is 0 Å². The summed E-state index contributed by atoms with van der Waals surface area (Å²) < 4.78 is 5.06. The molecule has 5 heteroatoms. The smallest absolute Gasteiger partial charge is 0.257 e. The molecule has 1 heterocycles. The summed E-state index contributed by atoms with van der Waals surface area (Å²) in [5, 5.41) is 20.7. The van der Waals surface area contributed by atoms with Crippen LogP contribution >= 0.6 is 0 Å². The zero-order valence-corrected chi connectivity index (χ0v) is 13.5. The first-order valence-corrected chi connectivity index (χ1v) is 7.68. The molecule has 1 aromatic rings. The second-order valence-electron chi connectivity index (χ2n) is 6.22. The van der Waals surface area contributed by atoms with Crippen LogP contribution < -0.4 is 0 Å². The number of likely N-dealkylation sites (tertiary alicyclic amines) is 1. The summed E-state index contributed by atoms with van der Waals surface area (Å²) in [5.41, 5.74) is 0.226. The molecule has 0 radical (unpaired) electrons. The maximum Gasteiger partial charge on any atom is 0.257 e. The second kappa shape index (κ2) is 6.67. The van der Waals surface area contributed by atoms with Gasteiger partial charge in [-0.3, -0.25) is 4.79 Å². The molecule has 1 aromatic carbocycles. The third-order valence-corrected chi connectivity index (χ3v) is 4.72. The van der Waals surface area contributed by atoms with Crippen LogP contribution in [0.2, 0.25) is 0 Å². The molecule has 22 heavy (non-hydrogen) atoms. The van der Waals surface area contributed by atoms with Crippen molar-refractivity contribution in [2.75, 3.05) is 26.8 Å². The first kappa shape index (κ1) is 16.8. The largest absolute Gasteiger partial charge is 0.507 e. The van der Waals surface area contributed by atoms with Gasteiger partial charge in [0, 0.05) is 32.7 Å².